The summed E-state index contributed by atoms with van der Waals surface area (Å²) in [5.41, 5.74) is 1.29. The van der Waals surface area contributed by atoms with Gasteiger partial charge in [-0.1, -0.05) is 119 Å². The van der Waals surface area contributed by atoms with Crippen molar-refractivity contribution in [1.82, 2.24) is 5.32 Å². The van der Waals surface area contributed by atoms with E-state index in [1.807, 2.05) is 40.7 Å². The van der Waals surface area contributed by atoms with E-state index in [0.717, 1.165) is 30.8 Å². The zero-order valence-electron chi connectivity index (χ0n) is 29.0. The van der Waals surface area contributed by atoms with Crippen molar-refractivity contribution in [3.63, 3.8) is 0 Å². The van der Waals surface area contributed by atoms with Crippen LogP contribution in [0.3, 0.4) is 0 Å². The second kappa shape index (κ2) is 42.0. The van der Waals surface area contributed by atoms with Crippen LogP contribution in [0.15, 0.2) is 49.1 Å². The molecule has 0 radical (unpaired) electrons. The number of nitrogens with one attached hydrogen (secondary N) is 1. The Morgan fingerprint density at radius 2 is 1.14 bits per heavy atom. The summed E-state index contributed by atoms with van der Waals surface area (Å²) in [6.07, 6.45) is 14.4. The molecule has 1 N–H and O–H groups in total. The summed E-state index contributed by atoms with van der Waals surface area (Å²) in [4.78, 5) is 0. The molecule has 0 aliphatic rings. The average molecular weight is 526 g/mol. The van der Waals surface area contributed by atoms with Gasteiger partial charge in [-0.3, -0.25) is 0 Å². The molecule has 2 heteroatoms. The third-order valence-corrected chi connectivity index (χ3v) is 3.64. The van der Waals surface area contributed by atoms with Crippen molar-refractivity contribution in [3.05, 3.63) is 49.1 Å². The van der Waals surface area contributed by atoms with Crippen LogP contribution in [0.4, 0.5) is 0 Å². The monoisotopic (exact) mass is 526 g/mol. The molecule has 0 fully saturated rings. The maximum atomic E-state index is 5.04. The molecule has 0 spiro atoms. The fraction of sp³-hybridized carbons (Fsp3) is 0.771. The van der Waals surface area contributed by atoms with Gasteiger partial charge >= 0.3 is 0 Å². The first kappa shape index (κ1) is 48.9. The second-order valence-corrected chi connectivity index (χ2v) is 11.1. The Balaban J connectivity index is -0.0000000780. The van der Waals surface area contributed by atoms with Crippen LogP contribution >= 0.6 is 0 Å². The molecule has 37 heavy (non-hydrogen) atoms. The van der Waals surface area contributed by atoms with Gasteiger partial charge in [-0.15, -0.1) is 13.2 Å². The van der Waals surface area contributed by atoms with Gasteiger partial charge in [0.2, 0.25) is 0 Å². The van der Waals surface area contributed by atoms with Crippen LogP contribution in [0.25, 0.3) is 0 Å². The predicted octanol–water partition coefficient (Wildman–Crippen LogP) is 11.8. The lowest BCUT2D eigenvalue weighted by Crippen LogP contribution is -2.29. The van der Waals surface area contributed by atoms with Gasteiger partial charge in [0, 0.05) is 18.7 Å². The summed E-state index contributed by atoms with van der Waals surface area (Å²) in [6, 6.07) is 1.25. The number of rotatable bonds is 10. The predicted molar refractivity (Wildman–Crippen MR) is 179 cm³/mol. The van der Waals surface area contributed by atoms with E-state index in [-0.39, 0.29) is 0 Å². The molecule has 226 valence electrons. The SMILES string of the molecule is C=C(C)CCC.C=CCC(C)C.CC(C)NC(C)C.CC=CC(C)C.CC=CC(C)C.CCOC(C)C. The Hall–Kier alpha value is -1.12. The summed E-state index contributed by atoms with van der Waals surface area (Å²) in [6.45, 7) is 44.2. The third-order valence-electron chi connectivity index (χ3n) is 3.64. The van der Waals surface area contributed by atoms with Crippen molar-refractivity contribution in [2.24, 2.45) is 17.8 Å². The van der Waals surface area contributed by atoms with E-state index in [1.54, 1.807) is 0 Å². The van der Waals surface area contributed by atoms with E-state index >= 15 is 0 Å². The summed E-state index contributed by atoms with van der Waals surface area (Å²) in [5.74, 6) is 2.22. The molecule has 0 saturated heterocycles. The van der Waals surface area contributed by atoms with E-state index in [2.05, 4.69) is 126 Å². The van der Waals surface area contributed by atoms with E-state index in [9.17, 15) is 0 Å². The molecule has 0 amide bonds. The van der Waals surface area contributed by atoms with Crippen LogP contribution in [0.2, 0.25) is 0 Å². The van der Waals surface area contributed by atoms with Gasteiger partial charge in [0.25, 0.3) is 0 Å². The van der Waals surface area contributed by atoms with Crippen molar-refractivity contribution in [3.8, 4) is 0 Å². The highest BCUT2D eigenvalue weighted by Gasteiger charge is 1.92. The molecule has 2 nitrogen and oxygen atoms in total. The highest BCUT2D eigenvalue weighted by molar-refractivity contribution is 4.86. The fourth-order valence-corrected chi connectivity index (χ4v) is 2.53. The van der Waals surface area contributed by atoms with Crippen LogP contribution in [0, 0.1) is 17.8 Å². The van der Waals surface area contributed by atoms with Crippen LogP contribution in [0.1, 0.15) is 137 Å². The number of hydrogen-bond acceptors (Lipinski definition) is 2. The first-order valence-electron chi connectivity index (χ1n) is 14.9. The molecule has 0 atom stereocenters. The molecular formula is C35H75NO. The first-order chi connectivity index (χ1) is 17.0. The maximum Gasteiger partial charge on any atom is 0.0518 e. The zero-order valence-corrected chi connectivity index (χ0v) is 29.0. The van der Waals surface area contributed by atoms with Crippen LogP contribution in [-0.2, 0) is 4.74 Å². The maximum absolute atomic E-state index is 5.04. The highest BCUT2D eigenvalue weighted by Crippen LogP contribution is 1.97. The molecule has 0 aromatic heterocycles. The minimum Gasteiger partial charge on any atom is -0.379 e. The molecular weight excluding hydrogens is 450 g/mol. The summed E-state index contributed by atoms with van der Waals surface area (Å²) in [7, 11) is 0. The van der Waals surface area contributed by atoms with Crippen molar-refractivity contribution < 1.29 is 4.74 Å². The van der Waals surface area contributed by atoms with Crippen molar-refractivity contribution in [2.45, 2.75) is 155 Å². The Morgan fingerprint density at radius 1 is 0.757 bits per heavy atom. The number of ether oxygens (including phenoxy) is 1. The van der Waals surface area contributed by atoms with Gasteiger partial charge in [0.1, 0.15) is 0 Å². The smallest absolute Gasteiger partial charge is 0.0518 e. The highest BCUT2D eigenvalue weighted by atomic mass is 16.5. The Kier molecular flexibility index (Phi) is 55.5. The second-order valence-electron chi connectivity index (χ2n) is 11.1. The van der Waals surface area contributed by atoms with Crippen molar-refractivity contribution in [1.29, 1.82) is 0 Å². The van der Waals surface area contributed by atoms with Gasteiger partial charge in [-0.25, -0.2) is 0 Å². The fourth-order valence-electron chi connectivity index (χ4n) is 2.53. The van der Waals surface area contributed by atoms with E-state index < -0.39 is 0 Å². The van der Waals surface area contributed by atoms with Gasteiger partial charge in [0.05, 0.1) is 6.10 Å². The number of allylic oxidation sites excluding steroid dienone is 6. The number of hydrogen-bond donors (Lipinski definition) is 1. The lowest BCUT2D eigenvalue weighted by atomic mass is 10.1. The summed E-state index contributed by atoms with van der Waals surface area (Å²) >= 11 is 0. The van der Waals surface area contributed by atoms with Gasteiger partial charge < -0.3 is 10.1 Å². The van der Waals surface area contributed by atoms with Gasteiger partial charge in [-0.05, 0) is 72.1 Å². The van der Waals surface area contributed by atoms with E-state index in [4.69, 9.17) is 4.74 Å². The molecule has 0 rings (SSSR count). The molecule has 0 bridgehead atoms. The largest absolute Gasteiger partial charge is 0.379 e. The van der Waals surface area contributed by atoms with Crippen LogP contribution in [-0.4, -0.2) is 24.8 Å². The molecule has 0 aromatic rings. The van der Waals surface area contributed by atoms with Crippen molar-refractivity contribution in [2.75, 3.05) is 6.61 Å². The molecule has 0 aliphatic carbocycles. The Bertz CT molecular complexity index is 432. The van der Waals surface area contributed by atoms with Gasteiger partial charge in [0.15, 0.2) is 0 Å². The molecule has 0 aliphatic heterocycles. The quantitative estimate of drug-likeness (QED) is 0.286. The molecule has 0 aromatic carbocycles. The zero-order chi connectivity index (χ0) is 30.8. The lowest BCUT2D eigenvalue weighted by molar-refractivity contribution is 0.0899. The van der Waals surface area contributed by atoms with Crippen LogP contribution in [0.5, 0.6) is 0 Å². The molecule has 0 heterocycles. The summed E-state index contributed by atoms with van der Waals surface area (Å²) < 4.78 is 5.04. The lowest BCUT2D eigenvalue weighted by Gasteiger charge is -2.10. The third kappa shape index (κ3) is 118. The summed E-state index contributed by atoms with van der Waals surface area (Å²) in [5, 5.41) is 3.31. The Morgan fingerprint density at radius 3 is 1.14 bits per heavy atom. The minimum atomic E-state index is 0.398. The average Bonchev–Trinajstić information content (AvgIpc) is 2.68. The molecule has 0 saturated carbocycles. The topological polar surface area (TPSA) is 21.3 Å². The van der Waals surface area contributed by atoms with E-state index in [0.29, 0.717) is 18.2 Å². The van der Waals surface area contributed by atoms with Gasteiger partial charge in [-0.2, -0.15) is 0 Å². The standard InChI is InChI=1S/C6H15N.4C6H12.C5H12O/c1-5(2)7-6(3)4;4*1-4-5-6(2)3;1-4-6-5(2)3/h5-7H,1-4H3;2*4-6H,1-3H3;2,4-5H2,1,3H3;4,6H,1,5H2,2-3H3;5H,4H2,1-3H3. The minimum absolute atomic E-state index is 0.398. The normalized spacial score (nSPS) is 10.2. The first-order valence-corrected chi connectivity index (χ1v) is 14.9. The van der Waals surface area contributed by atoms with Crippen molar-refractivity contribution >= 4 is 0 Å². The molecule has 0 unspecified atom stereocenters. The van der Waals surface area contributed by atoms with Crippen LogP contribution < -0.4 is 5.32 Å². The van der Waals surface area contributed by atoms with E-state index in [1.165, 1.54) is 18.4 Å². The Labute approximate surface area is 238 Å².